The zero-order valence-corrected chi connectivity index (χ0v) is 12.7. The monoisotopic (exact) mass is 302 g/mol. The highest BCUT2D eigenvalue weighted by molar-refractivity contribution is 7.20. The Morgan fingerprint density at radius 2 is 2.19 bits per heavy atom. The third-order valence-corrected chi connectivity index (χ3v) is 4.84. The van der Waals surface area contributed by atoms with E-state index in [9.17, 15) is 4.79 Å². The average Bonchev–Trinajstić information content (AvgIpc) is 2.97. The Morgan fingerprint density at radius 1 is 1.43 bits per heavy atom. The molecule has 0 atom stereocenters. The minimum absolute atomic E-state index is 0.108. The Kier molecular flexibility index (Phi) is 3.90. The fourth-order valence-electron chi connectivity index (χ4n) is 2.66. The van der Waals surface area contributed by atoms with E-state index in [1.807, 2.05) is 30.1 Å². The molecule has 0 saturated carbocycles. The predicted molar refractivity (Wildman–Crippen MR) is 88.0 cm³/mol. The van der Waals surface area contributed by atoms with Gasteiger partial charge in [-0.1, -0.05) is 0 Å². The van der Waals surface area contributed by atoms with E-state index >= 15 is 0 Å². The molecular formula is C15H18N4OS. The third-order valence-electron chi connectivity index (χ3n) is 3.75. The van der Waals surface area contributed by atoms with Gasteiger partial charge in [-0.05, 0) is 18.2 Å². The largest absolute Gasteiger partial charge is 0.387 e. The van der Waals surface area contributed by atoms with Crippen LogP contribution in [0.2, 0.25) is 0 Å². The standard InChI is InChI=1S/C15H18N4OS/c1-17-14-10(9-16)2-3-12-11(14)8-13(21-12)15(20)19-6-4-18-5-7-19/h2-3,8-9,16-18H,4-7H2,1H3. The summed E-state index contributed by atoms with van der Waals surface area (Å²) >= 11 is 1.52. The average molecular weight is 302 g/mol. The number of fused-ring (bicyclic) bond motifs is 1. The van der Waals surface area contributed by atoms with Gasteiger partial charge in [0, 0.05) is 55.1 Å². The number of thiophene rings is 1. The van der Waals surface area contributed by atoms with Crippen molar-refractivity contribution in [2.24, 2.45) is 0 Å². The van der Waals surface area contributed by atoms with Crippen LogP contribution in [0.15, 0.2) is 18.2 Å². The molecule has 1 aromatic heterocycles. The second-order valence-corrected chi connectivity index (χ2v) is 6.07. The van der Waals surface area contributed by atoms with Crippen LogP contribution in [-0.4, -0.2) is 50.2 Å². The molecule has 1 aliphatic heterocycles. The second-order valence-electron chi connectivity index (χ2n) is 4.99. The molecule has 1 amide bonds. The first-order valence-electron chi connectivity index (χ1n) is 6.99. The van der Waals surface area contributed by atoms with Crippen molar-refractivity contribution in [3.05, 3.63) is 28.6 Å². The maximum atomic E-state index is 12.6. The molecule has 21 heavy (non-hydrogen) atoms. The van der Waals surface area contributed by atoms with Gasteiger partial charge in [0.15, 0.2) is 0 Å². The summed E-state index contributed by atoms with van der Waals surface area (Å²) in [7, 11) is 1.84. The van der Waals surface area contributed by atoms with E-state index in [1.54, 1.807) is 0 Å². The van der Waals surface area contributed by atoms with Gasteiger partial charge in [0.05, 0.1) is 10.6 Å². The van der Waals surface area contributed by atoms with Gasteiger partial charge in [-0.25, -0.2) is 0 Å². The molecule has 0 aliphatic carbocycles. The predicted octanol–water partition coefficient (Wildman–Crippen LogP) is 1.99. The van der Waals surface area contributed by atoms with Gasteiger partial charge in [-0.2, -0.15) is 0 Å². The van der Waals surface area contributed by atoms with Crippen LogP contribution in [0.25, 0.3) is 10.1 Å². The molecule has 3 rings (SSSR count). The Hall–Kier alpha value is -1.92. The van der Waals surface area contributed by atoms with Crippen LogP contribution in [0.5, 0.6) is 0 Å². The number of anilines is 1. The maximum absolute atomic E-state index is 12.6. The lowest BCUT2D eigenvalue weighted by atomic mass is 10.1. The highest BCUT2D eigenvalue weighted by Gasteiger charge is 2.20. The molecule has 0 bridgehead atoms. The number of nitrogens with one attached hydrogen (secondary N) is 3. The summed E-state index contributed by atoms with van der Waals surface area (Å²) in [6.07, 6.45) is 1.33. The van der Waals surface area contributed by atoms with Crippen LogP contribution in [0.1, 0.15) is 15.2 Å². The van der Waals surface area contributed by atoms with Crippen LogP contribution in [0, 0.1) is 5.41 Å². The fourth-order valence-corrected chi connectivity index (χ4v) is 3.69. The number of piperazine rings is 1. The highest BCUT2D eigenvalue weighted by Crippen LogP contribution is 2.33. The molecule has 2 heterocycles. The first-order chi connectivity index (χ1) is 10.2. The van der Waals surface area contributed by atoms with Crippen molar-refractivity contribution < 1.29 is 4.79 Å². The lowest BCUT2D eigenvalue weighted by Gasteiger charge is -2.26. The molecule has 3 N–H and O–H groups in total. The lowest BCUT2D eigenvalue weighted by Crippen LogP contribution is -2.46. The molecule has 0 unspecified atom stereocenters. The van der Waals surface area contributed by atoms with Crippen LogP contribution in [0.3, 0.4) is 0 Å². The van der Waals surface area contributed by atoms with Gasteiger partial charge >= 0.3 is 0 Å². The van der Waals surface area contributed by atoms with Gasteiger partial charge in [-0.3, -0.25) is 4.79 Å². The number of rotatable bonds is 3. The van der Waals surface area contributed by atoms with Crippen LogP contribution in [0.4, 0.5) is 5.69 Å². The number of hydrogen-bond donors (Lipinski definition) is 3. The minimum atomic E-state index is 0.108. The first-order valence-corrected chi connectivity index (χ1v) is 7.81. The first kappa shape index (κ1) is 14.0. The van der Waals surface area contributed by atoms with Gasteiger partial charge < -0.3 is 20.9 Å². The number of nitrogens with zero attached hydrogens (tertiary/aromatic N) is 1. The molecule has 0 spiro atoms. The molecule has 6 heteroatoms. The van der Waals surface area contributed by atoms with Crippen LogP contribution >= 0.6 is 11.3 Å². The molecule has 1 aromatic carbocycles. The lowest BCUT2D eigenvalue weighted by molar-refractivity contribution is 0.0741. The molecule has 1 saturated heterocycles. The summed E-state index contributed by atoms with van der Waals surface area (Å²) in [5.41, 5.74) is 1.75. The van der Waals surface area contributed by atoms with Gasteiger partial charge in [0.25, 0.3) is 5.91 Å². The molecular weight excluding hydrogens is 284 g/mol. The Morgan fingerprint density at radius 3 is 2.86 bits per heavy atom. The van der Waals surface area contributed by atoms with Gasteiger partial charge in [-0.15, -0.1) is 11.3 Å². The smallest absolute Gasteiger partial charge is 0.264 e. The number of carbonyl (C=O) groups is 1. The zero-order valence-electron chi connectivity index (χ0n) is 11.9. The molecule has 110 valence electrons. The molecule has 1 fully saturated rings. The highest BCUT2D eigenvalue weighted by atomic mass is 32.1. The summed E-state index contributed by atoms with van der Waals surface area (Å²) in [4.78, 5) is 15.2. The molecule has 2 aromatic rings. The van der Waals surface area contributed by atoms with Crippen molar-refractivity contribution in [2.75, 3.05) is 38.5 Å². The van der Waals surface area contributed by atoms with Crippen LogP contribution < -0.4 is 10.6 Å². The SMILES string of the molecule is CNc1c(C=N)ccc2sc(C(=O)N3CCNCC3)cc12. The third kappa shape index (κ3) is 2.52. The Bertz CT molecular complexity index is 688. The molecule has 1 aliphatic rings. The fraction of sp³-hybridized carbons (Fsp3) is 0.333. The normalized spacial score (nSPS) is 15.2. The Balaban J connectivity index is 2.00. The number of hydrogen-bond acceptors (Lipinski definition) is 5. The van der Waals surface area contributed by atoms with E-state index < -0.39 is 0 Å². The van der Waals surface area contributed by atoms with Crippen molar-refractivity contribution in [3.8, 4) is 0 Å². The van der Waals surface area contributed by atoms with E-state index in [0.717, 1.165) is 52.4 Å². The van der Waals surface area contributed by atoms with E-state index in [1.165, 1.54) is 17.6 Å². The van der Waals surface area contributed by atoms with Gasteiger partial charge in [0.2, 0.25) is 0 Å². The summed E-state index contributed by atoms with van der Waals surface area (Å²) in [5.74, 6) is 0.108. The summed E-state index contributed by atoms with van der Waals surface area (Å²) < 4.78 is 1.07. The van der Waals surface area contributed by atoms with Crippen LogP contribution in [-0.2, 0) is 0 Å². The summed E-state index contributed by atoms with van der Waals surface area (Å²) in [6.45, 7) is 3.24. The topological polar surface area (TPSA) is 68.2 Å². The van der Waals surface area contributed by atoms with Crippen molar-refractivity contribution in [2.45, 2.75) is 0 Å². The van der Waals surface area contributed by atoms with Crippen molar-refractivity contribution in [1.29, 1.82) is 5.41 Å². The second kappa shape index (κ2) is 5.83. The number of carbonyl (C=O) groups excluding carboxylic acids is 1. The number of benzene rings is 1. The van der Waals surface area contributed by atoms with Crippen molar-refractivity contribution in [3.63, 3.8) is 0 Å². The van der Waals surface area contributed by atoms with E-state index in [2.05, 4.69) is 10.6 Å². The molecule has 5 nitrogen and oxygen atoms in total. The quantitative estimate of drug-likeness (QED) is 0.760. The summed E-state index contributed by atoms with van der Waals surface area (Å²) in [5, 5.41) is 14.9. The molecule has 0 radical (unpaired) electrons. The van der Waals surface area contributed by atoms with Crippen molar-refractivity contribution in [1.82, 2.24) is 10.2 Å². The van der Waals surface area contributed by atoms with Gasteiger partial charge in [0.1, 0.15) is 0 Å². The number of amides is 1. The van der Waals surface area contributed by atoms with Crippen molar-refractivity contribution >= 4 is 39.2 Å². The zero-order chi connectivity index (χ0) is 14.8. The van der Waals surface area contributed by atoms with E-state index in [0.29, 0.717) is 0 Å². The Labute approximate surface area is 127 Å². The minimum Gasteiger partial charge on any atom is -0.387 e. The van der Waals surface area contributed by atoms with E-state index in [-0.39, 0.29) is 5.91 Å². The summed E-state index contributed by atoms with van der Waals surface area (Å²) in [6, 6.07) is 5.84. The van der Waals surface area contributed by atoms with E-state index in [4.69, 9.17) is 5.41 Å². The maximum Gasteiger partial charge on any atom is 0.264 e.